The number of benzene rings is 1. The molecule has 0 spiro atoms. The van der Waals surface area contributed by atoms with Gasteiger partial charge in [-0.05, 0) is 24.5 Å². The maximum absolute atomic E-state index is 9.40. The minimum Gasteiger partial charge on any atom is -0.394 e. The Morgan fingerprint density at radius 3 is 2.89 bits per heavy atom. The number of thioether (sulfide) groups is 1. The van der Waals surface area contributed by atoms with Crippen LogP contribution in [0.25, 0.3) is 0 Å². The summed E-state index contributed by atoms with van der Waals surface area (Å²) in [6.07, 6.45) is 1.81. The number of hydrogen-bond acceptors (Lipinski definition) is 4. The third kappa shape index (κ3) is 4.14. The molecule has 2 rings (SSSR count). The van der Waals surface area contributed by atoms with Gasteiger partial charge in [0.15, 0.2) is 0 Å². The van der Waals surface area contributed by atoms with Gasteiger partial charge < -0.3 is 15.5 Å². The van der Waals surface area contributed by atoms with E-state index in [-0.39, 0.29) is 6.61 Å². The molecule has 0 aromatic heterocycles. The van der Waals surface area contributed by atoms with E-state index < -0.39 is 6.10 Å². The minimum absolute atomic E-state index is 0.215. The number of aliphatic hydroxyl groups is 2. The summed E-state index contributed by atoms with van der Waals surface area (Å²) in [5, 5.41) is 22.4. The van der Waals surface area contributed by atoms with E-state index in [0.717, 1.165) is 17.0 Å². The summed E-state index contributed by atoms with van der Waals surface area (Å²) in [5.41, 5.74) is 1.16. The van der Waals surface area contributed by atoms with Crippen molar-refractivity contribution in [3.63, 3.8) is 0 Å². The van der Waals surface area contributed by atoms with Crippen molar-refractivity contribution in [2.24, 2.45) is 0 Å². The smallest absolute Gasteiger partial charge is 0.0864 e. The third-order valence-corrected chi connectivity index (χ3v) is 4.59. The molecule has 3 nitrogen and oxygen atoms in total. The molecule has 1 fully saturated rings. The molecular formula is C13H18ClNO2S. The molecule has 0 radical (unpaired) electrons. The Morgan fingerprint density at radius 1 is 1.44 bits per heavy atom. The van der Waals surface area contributed by atoms with Gasteiger partial charge in [0.05, 0.1) is 17.7 Å². The van der Waals surface area contributed by atoms with Crippen molar-refractivity contribution in [3.05, 3.63) is 28.8 Å². The lowest BCUT2D eigenvalue weighted by Crippen LogP contribution is -2.17. The molecule has 100 valence electrons. The number of aliphatic hydroxyl groups excluding tert-OH is 2. The molecule has 18 heavy (non-hydrogen) atoms. The lowest BCUT2D eigenvalue weighted by atomic mass is 10.2. The molecular weight excluding hydrogens is 270 g/mol. The van der Waals surface area contributed by atoms with Crippen LogP contribution >= 0.6 is 23.4 Å². The normalized spacial score (nSPS) is 16.8. The molecule has 5 heteroatoms. The van der Waals surface area contributed by atoms with Crippen LogP contribution in [0.15, 0.2) is 23.1 Å². The van der Waals surface area contributed by atoms with E-state index in [9.17, 15) is 5.11 Å². The molecule has 0 saturated heterocycles. The SMILES string of the molecule is OCC(O)CSc1c(Cl)cccc1CNC1CC1. The van der Waals surface area contributed by atoms with E-state index in [2.05, 4.69) is 11.4 Å². The standard InChI is InChI=1S/C13H18ClNO2S/c14-12-3-1-2-9(6-15-10-4-5-10)13(12)18-8-11(17)7-16/h1-3,10-11,15-17H,4-8H2. The predicted octanol–water partition coefficient (Wildman–Crippen LogP) is 2.04. The number of halogens is 1. The molecule has 1 saturated carbocycles. The fraction of sp³-hybridized carbons (Fsp3) is 0.538. The Morgan fingerprint density at radius 2 is 2.22 bits per heavy atom. The first-order valence-electron chi connectivity index (χ1n) is 6.13. The van der Waals surface area contributed by atoms with Gasteiger partial charge in [-0.25, -0.2) is 0 Å². The highest BCUT2D eigenvalue weighted by Crippen LogP contribution is 2.31. The second kappa shape index (κ2) is 6.78. The average molecular weight is 288 g/mol. The third-order valence-electron chi connectivity index (χ3n) is 2.84. The molecule has 1 aromatic carbocycles. The Labute approximate surface area is 117 Å². The van der Waals surface area contributed by atoms with Gasteiger partial charge in [0.1, 0.15) is 0 Å². The van der Waals surface area contributed by atoms with Crippen LogP contribution in [0.2, 0.25) is 5.02 Å². The van der Waals surface area contributed by atoms with Gasteiger partial charge in [0.2, 0.25) is 0 Å². The van der Waals surface area contributed by atoms with E-state index in [0.29, 0.717) is 16.8 Å². The Balaban J connectivity index is 1.99. The quantitative estimate of drug-likeness (QED) is 0.672. The van der Waals surface area contributed by atoms with E-state index >= 15 is 0 Å². The minimum atomic E-state index is -0.699. The zero-order valence-corrected chi connectivity index (χ0v) is 11.7. The number of nitrogens with one attached hydrogen (secondary N) is 1. The zero-order valence-electron chi connectivity index (χ0n) is 10.1. The van der Waals surface area contributed by atoms with Gasteiger partial charge in [-0.2, -0.15) is 0 Å². The first-order chi connectivity index (χ1) is 8.70. The topological polar surface area (TPSA) is 52.5 Å². The highest BCUT2D eigenvalue weighted by Gasteiger charge is 2.21. The Hall–Kier alpha value is -0.260. The van der Waals surface area contributed by atoms with Crippen LogP contribution in [0.3, 0.4) is 0 Å². The summed E-state index contributed by atoms with van der Waals surface area (Å²) in [6.45, 7) is 0.593. The van der Waals surface area contributed by atoms with Crippen LogP contribution in [-0.2, 0) is 6.54 Å². The summed E-state index contributed by atoms with van der Waals surface area (Å²) in [6, 6.07) is 6.51. The summed E-state index contributed by atoms with van der Waals surface area (Å²) >= 11 is 7.69. The van der Waals surface area contributed by atoms with Crippen LogP contribution in [-0.4, -0.2) is 34.7 Å². The molecule has 0 heterocycles. The molecule has 1 aromatic rings. The van der Waals surface area contributed by atoms with Gasteiger partial charge in [-0.1, -0.05) is 23.7 Å². The monoisotopic (exact) mass is 287 g/mol. The average Bonchev–Trinajstić information content (AvgIpc) is 3.18. The van der Waals surface area contributed by atoms with Crippen LogP contribution in [0.1, 0.15) is 18.4 Å². The fourth-order valence-corrected chi connectivity index (χ4v) is 2.98. The van der Waals surface area contributed by atoms with Crippen molar-refractivity contribution in [2.45, 2.75) is 36.4 Å². The van der Waals surface area contributed by atoms with Crippen molar-refractivity contribution in [1.29, 1.82) is 0 Å². The van der Waals surface area contributed by atoms with Crippen molar-refractivity contribution >= 4 is 23.4 Å². The highest BCUT2D eigenvalue weighted by molar-refractivity contribution is 7.99. The summed E-state index contributed by atoms with van der Waals surface area (Å²) in [4.78, 5) is 1.000. The molecule has 1 unspecified atom stereocenters. The van der Waals surface area contributed by atoms with E-state index in [1.807, 2.05) is 12.1 Å². The van der Waals surface area contributed by atoms with Crippen LogP contribution in [0, 0.1) is 0 Å². The molecule has 0 amide bonds. The van der Waals surface area contributed by atoms with Gasteiger partial charge in [0.25, 0.3) is 0 Å². The Kier molecular flexibility index (Phi) is 5.33. The van der Waals surface area contributed by atoms with Crippen molar-refractivity contribution in [2.75, 3.05) is 12.4 Å². The van der Waals surface area contributed by atoms with Gasteiger partial charge >= 0.3 is 0 Å². The van der Waals surface area contributed by atoms with Crippen LogP contribution < -0.4 is 5.32 Å². The molecule has 3 N–H and O–H groups in total. The van der Waals surface area contributed by atoms with Crippen molar-refractivity contribution in [3.8, 4) is 0 Å². The van der Waals surface area contributed by atoms with Crippen molar-refractivity contribution < 1.29 is 10.2 Å². The molecule has 0 aliphatic heterocycles. The molecule has 0 bridgehead atoms. The van der Waals surface area contributed by atoms with Gasteiger partial charge in [-0.15, -0.1) is 11.8 Å². The summed E-state index contributed by atoms with van der Waals surface area (Å²) in [5.74, 6) is 0.455. The lowest BCUT2D eigenvalue weighted by molar-refractivity contribution is 0.113. The van der Waals surface area contributed by atoms with E-state index in [1.54, 1.807) is 0 Å². The van der Waals surface area contributed by atoms with Crippen LogP contribution in [0.5, 0.6) is 0 Å². The summed E-state index contributed by atoms with van der Waals surface area (Å²) < 4.78 is 0. The predicted molar refractivity (Wildman–Crippen MR) is 75.1 cm³/mol. The van der Waals surface area contributed by atoms with E-state index in [1.165, 1.54) is 24.6 Å². The first kappa shape index (κ1) is 14.2. The fourth-order valence-electron chi connectivity index (χ4n) is 1.63. The molecule has 1 atom stereocenters. The summed E-state index contributed by atoms with van der Waals surface area (Å²) in [7, 11) is 0. The number of rotatable bonds is 7. The zero-order chi connectivity index (χ0) is 13.0. The molecule has 1 aliphatic rings. The Bertz CT molecular complexity index is 399. The van der Waals surface area contributed by atoms with Crippen molar-refractivity contribution in [1.82, 2.24) is 5.32 Å². The first-order valence-corrected chi connectivity index (χ1v) is 7.49. The second-order valence-corrected chi connectivity index (χ2v) is 5.97. The van der Waals surface area contributed by atoms with E-state index in [4.69, 9.17) is 16.7 Å². The molecule has 1 aliphatic carbocycles. The lowest BCUT2D eigenvalue weighted by Gasteiger charge is -2.13. The highest BCUT2D eigenvalue weighted by atomic mass is 35.5. The maximum Gasteiger partial charge on any atom is 0.0864 e. The van der Waals surface area contributed by atoms with Gasteiger partial charge in [-0.3, -0.25) is 0 Å². The maximum atomic E-state index is 9.40. The van der Waals surface area contributed by atoms with Gasteiger partial charge in [0, 0.05) is 23.2 Å². The largest absolute Gasteiger partial charge is 0.394 e. The van der Waals surface area contributed by atoms with Crippen LogP contribution in [0.4, 0.5) is 0 Å². The second-order valence-electron chi connectivity index (χ2n) is 4.53. The number of hydrogen-bond donors (Lipinski definition) is 3.